The Labute approximate surface area is 70.0 Å². The van der Waals surface area contributed by atoms with E-state index in [0.717, 1.165) is 0 Å². The fraction of sp³-hybridized carbons (Fsp3) is 0.750. The van der Waals surface area contributed by atoms with Gasteiger partial charge in [0.2, 0.25) is 0 Å². The van der Waals surface area contributed by atoms with Gasteiger partial charge in [-0.2, -0.15) is 0 Å². The summed E-state index contributed by atoms with van der Waals surface area (Å²) in [6, 6.07) is 0. The number of aliphatic hydroxyl groups excluding tert-OH is 1. The first-order valence-corrected chi connectivity index (χ1v) is 2.01. The van der Waals surface area contributed by atoms with Crippen molar-refractivity contribution in [2.45, 2.75) is 19.4 Å². The molecule has 0 radical (unpaired) electrons. The monoisotopic (exact) mass is 126 g/mol. The van der Waals surface area contributed by atoms with Crippen LogP contribution in [0.25, 0.3) is 0 Å². The zero-order chi connectivity index (χ0) is 5.86. The largest absolute Gasteiger partial charge is 1.00 e. The molecule has 8 heavy (non-hydrogen) atoms. The summed E-state index contributed by atoms with van der Waals surface area (Å²) in [5.74, 6) is -1.21. The van der Waals surface area contributed by atoms with Gasteiger partial charge in [-0.05, 0) is 6.92 Å². The summed E-state index contributed by atoms with van der Waals surface area (Å²) < 4.78 is 0. The molecule has 0 aromatic rings. The Balaban J connectivity index is 0. The Morgan fingerprint density at radius 2 is 2.25 bits per heavy atom. The quantitative estimate of drug-likeness (QED) is 0.379. The summed E-state index contributed by atoms with van der Waals surface area (Å²) in [5.41, 5.74) is 0. The van der Waals surface area contributed by atoms with Crippen molar-refractivity contribution in [1.82, 2.24) is 0 Å². The Kier molecular flexibility index (Phi) is 7.83. The van der Waals surface area contributed by atoms with Crippen molar-refractivity contribution in [2.75, 3.05) is 0 Å². The Morgan fingerprint density at radius 3 is 2.25 bits per heavy atom. The van der Waals surface area contributed by atoms with Crippen LogP contribution in [0, 0.1) is 0 Å². The van der Waals surface area contributed by atoms with Crippen molar-refractivity contribution >= 4 is 5.97 Å². The van der Waals surface area contributed by atoms with Crippen LogP contribution in [0.15, 0.2) is 0 Å². The molecule has 0 amide bonds. The second-order valence-electron chi connectivity index (χ2n) is 1.43. The van der Waals surface area contributed by atoms with Crippen LogP contribution in [-0.4, -0.2) is 17.2 Å². The van der Waals surface area contributed by atoms with Gasteiger partial charge in [0, 0.05) is 12.4 Å². The predicted octanol–water partition coefficient (Wildman–Crippen LogP) is -4.49. The fourth-order valence-corrected chi connectivity index (χ4v) is 0.241. The van der Waals surface area contributed by atoms with Crippen molar-refractivity contribution in [1.29, 1.82) is 0 Å². The molecule has 0 aliphatic rings. The Hall–Kier alpha value is 0.430. The van der Waals surface area contributed by atoms with Gasteiger partial charge < -0.3 is 15.0 Å². The predicted molar refractivity (Wildman–Crippen MR) is 21.3 cm³/mol. The number of aliphatic hydroxyl groups is 1. The molecule has 0 spiro atoms. The number of carbonyl (C=O) groups is 1. The number of carboxylic acid groups (broad SMARTS) is 1. The molecule has 0 bridgehead atoms. The third kappa shape index (κ3) is 9.66. The normalized spacial score (nSPS) is 11.8. The molecule has 1 N–H and O–H groups in total. The van der Waals surface area contributed by atoms with Gasteiger partial charge in [-0.15, -0.1) is 0 Å². The van der Waals surface area contributed by atoms with Gasteiger partial charge in [0.1, 0.15) is 0 Å². The molecule has 42 valence electrons. The van der Waals surface area contributed by atoms with E-state index in [-0.39, 0.29) is 36.0 Å². The van der Waals surface area contributed by atoms with Crippen LogP contribution in [0.3, 0.4) is 0 Å². The Bertz CT molecular complexity index is 71.7. The van der Waals surface area contributed by atoms with E-state index >= 15 is 0 Å². The van der Waals surface area contributed by atoms with E-state index in [2.05, 4.69) is 0 Å². The standard InChI is InChI=1S/C4H8O3.Na/c1-3(5)2-4(6)7;/h3,5H,2H2,1H3,(H,6,7);/q;+1/p-1. The molecule has 0 aliphatic heterocycles. The van der Waals surface area contributed by atoms with Crippen LogP contribution in [0.5, 0.6) is 0 Å². The van der Waals surface area contributed by atoms with Crippen LogP contribution < -0.4 is 34.7 Å². The van der Waals surface area contributed by atoms with Crippen LogP contribution in [-0.2, 0) is 4.79 Å². The van der Waals surface area contributed by atoms with Crippen molar-refractivity contribution in [3.05, 3.63) is 0 Å². The van der Waals surface area contributed by atoms with E-state index in [1.807, 2.05) is 0 Å². The molecule has 3 nitrogen and oxygen atoms in total. The summed E-state index contributed by atoms with van der Waals surface area (Å²) in [6.45, 7) is 1.40. The first kappa shape index (κ1) is 11.3. The van der Waals surface area contributed by atoms with Crippen LogP contribution in [0.1, 0.15) is 13.3 Å². The smallest absolute Gasteiger partial charge is 0.550 e. The third-order valence-electron chi connectivity index (χ3n) is 0.462. The minimum absolute atomic E-state index is 0. The molecule has 0 aromatic heterocycles. The molecule has 4 heteroatoms. The van der Waals surface area contributed by atoms with Crippen molar-refractivity contribution in [3.63, 3.8) is 0 Å². The molecule has 0 heterocycles. The van der Waals surface area contributed by atoms with E-state index in [0.29, 0.717) is 0 Å². The second-order valence-corrected chi connectivity index (χ2v) is 1.43. The summed E-state index contributed by atoms with van der Waals surface area (Å²) in [7, 11) is 0. The molecule has 0 rings (SSSR count). The van der Waals surface area contributed by atoms with Crippen LogP contribution in [0.2, 0.25) is 0 Å². The minimum Gasteiger partial charge on any atom is -0.550 e. The third-order valence-corrected chi connectivity index (χ3v) is 0.462. The minimum atomic E-state index is -1.21. The fourth-order valence-electron chi connectivity index (χ4n) is 0.241. The second kappa shape index (κ2) is 5.56. The van der Waals surface area contributed by atoms with E-state index in [1.54, 1.807) is 0 Å². The average Bonchev–Trinajstić information content (AvgIpc) is 1.27. The number of carbonyl (C=O) groups excluding carboxylic acids is 1. The van der Waals surface area contributed by atoms with Gasteiger partial charge in [-0.3, -0.25) is 0 Å². The molecule has 0 aliphatic carbocycles. The van der Waals surface area contributed by atoms with Gasteiger partial charge >= 0.3 is 29.6 Å². The number of hydrogen-bond donors (Lipinski definition) is 1. The number of carboxylic acids is 1. The molecular formula is C4H7NaO3. The molecule has 0 saturated carbocycles. The maximum atomic E-state index is 9.54. The summed E-state index contributed by atoms with van der Waals surface area (Å²) in [4.78, 5) is 9.54. The van der Waals surface area contributed by atoms with Gasteiger partial charge in [0.15, 0.2) is 0 Å². The van der Waals surface area contributed by atoms with Gasteiger partial charge in [0.05, 0.1) is 6.10 Å². The molecular weight excluding hydrogens is 119 g/mol. The van der Waals surface area contributed by atoms with Crippen LogP contribution in [0.4, 0.5) is 0 Å². The Morgan fingerprint density at radius 1 is 1.88 bits per heavy atom. The van der Waals surface area contributed by atoms with Crippen molar-refractivity contribution < 1.29 is 44.6 Å². The summed E-state index contributed by atoms with van der Waals surface area (Å²) in [6.07, 6.45) is -1.06. The van der Waals surface area contributed by atoms with Crippen molar-refractivity contribution in [2.24, 2.45) is 0 Å². The maximum Gasteiger partial charge on any atom is 1.00 e. The number of hydrogen-bond acceptors (Lipinski definition) is 3. The van der Waals surface area contributed by atoms with E-state index < -0.39 is 12.1 Å². The first-order valence-electron chi connectivity index (χ1n) is 2.01. The first-order chi connectivity index (χ1) is 3.13. The summed E-state index contributed by atoms with van der Waals surface area (Å²) >= 11 is 0. The molecule has 0 aromatic carbocycles. The van der Waals surface area contributed by atoms with Crippen molar-refractivity contribution in [3.8, 4) is 0 Å². The zero-order valence-electron chi connectivity index (χ0n) is 5.05. The van der Waals surface area contributed by atoms with Gasteiger partial charge in [-0.25, -0.2) is 0 Å². The van der Waals surface area contributed by atoms with Gasteiger partial charge in [-0.1, -0.05) is 0 Å². The number of aliphatic carboxylic acids is 1. The van der Waals surface area contributed by atoms with E-state index in [1.165, 1.54) is 6.92 Å². The molecule has 1 unspecified atom stereocenters. The van der Waals surface area contributed by atoms with E-state index in [4.69, 9.17) is 5.11 Å². The zero-order valence-corrected chi connectivity index (χ0v) is 7.05. The number of rotatable bonds is 2. The summed E-state index contributed by atoms with van der Waals surface area (Å²) in [5, 5.41) is 17.8. The molecule has 0 fully saturated rings. The topological polar surface area (TPSA) is 60.4 Å². The van der Waals surface area contributed by atoms with Crippen LogP contribution >= 0.6 is 0 Å². The molecule has 0 saturated heterocycles. The average molecular weight is 126 g/mol. The molecule has 1 atom stereocenters. The maximum absolute atomic E-state index is 9.54. The SMILES string of the molecule is CC(O)CC(=O)[O-].[Na+]. The van der Waals surface area contributed by atoms with Gasteiger partial charge in [0.25, 0.3) is 0 Å². The van der Waals surface area contributed by atoms with E-state index in [9.17, 15) is 9.90 Å².